The van der Waals surface area contributed by atoms with Crippen molar-refractivity contribution in [3.63, 3.8) is 0 Å². The second-order valence-corrected chi connectivity index (χ2v) is 8.95. The zero-order chi connectivity index (χ0) is 23.2. The Balaban J connectivity index is 1.75. The van der Waals surface area contributed by atoms with Crippen molar-refractivity contribution < 1.29 is 14.3 Å². The van der Waals surface area contributed by atoms with Crippen molar-refractivity contribution >= 4 is 17.1 Å². The number of rotatable bonds is 3. The number of carbonyl (C=O) groups excluding carboxylic acids is 1. The summed E-state index contributed by atoms with van der Waals surface area (Å²) >= 11 is 0. The fourth-order valence-corrected chi connectivity index (χ4v) is 4.04. The molecule has 2 heterocycles. The number of carbonyl (C=O) groups is 1. The summed E-state index contributed by atoms with van der Waals surface area (Å²) in [5.74, 6) is 2.68. The first-order valence-corrected chi connectivity index (χ1v) is 11.1. The largest absolute Gasteiger partial charge is 0.460 e. The summed E-state index contributed by atoms with van der Waals surface area (Å²) in [7, 11) is 2.09. The Morgan fingerprint density at radius 3 is 2.53 bits per heavy atom. The molecule has 168 valence electrons. The molecule has 0 bridgehead atoms. The van der Waals surface area contributed by atoms with Gasteiger partial charge in [-0.3, -0.25) is 0 Å². The molecule has 32 heavy (non-hydrogen) atoms. The number of imidazole rings is 1. The first kappa shape index (κ1) is 21.9. The van der Waals surface area contributed by atoms with Gasteiger partial charge in [-0.25, -0.2) is 14.3 Å². The number of hydrogen-bond donors (Lipinski definition) is 0. The van der Waals surface area contributed by atoms with Gasteiger partial charge < -0.3 is 14.4 Å². The minimum Gasteiger partial charge on any atom is -0.460 e. The molecule has 6 nitrogen and oxygen atoms in total. The molecule has 2 aromatic carbocycles. The molecule has 0 saturated heterocycles. The van der Waals surface area contributed by atoms with Crippen molar-refractivity contribution in [2.45, 2.75) is 47.6 Å². The molecule has 1 atom stereocenters. The molecule has 0 amide bonds. The number of hydrogen-bond acceptors (Lipinski definition) is 5. The topological polar surface area (TPSA) is 56.6 Å². The molecule has 0 spiro atoms. The van der Waals surface area contributed by atoms with Crippen LogP contribution in [-0.4, -0.2) is 34.2 Å². The Labute approximate surface area is 189 Å². The van der Waals surface area contributed by atoms with Gasteiger partial charge in [-0.2, -0.15) is 0 Å². The van der Waals surface area contributed by atoms with Crippen LogP contribution in [-0.2, 0) is 4.74 Å². The maximum atomic E-state index is 12.7. The van der Waals surface area contributed by atoms with E-state index in [-0.39, 0.29) is 12.0 Å². The normalized spacial score (nSPS) is 16.2. The molecule has 1 aliphatic rings. The third kappa shape index (κ3) is 3.85. The van der Waals surface area contributed by atoms with Crippen molar-refractivity contribution in [1.82, 2.24) is 14.5 Å². The summed E-state index contributed by atoms with van der Waals surface area (Å²) in [6.07, 6.45) is -0.390. The van der Waals surface area contributed by atoms with Crippen molar-refractivity contribution in [1.29, 1.82) is 0 Å². The van der Waals surface area contributed by atoms with E-state index in [9.17, 15) is 4.79 Å². The Bertz CT molecular complexity index is 1220. The van der Waals surface area contributed by atoms with E-state index in [0.29, 0.717) is 12.4 Å². The van der Waals surface area contributed by atoms with Gasteiger partial charge in [0.1, 0.15) is 17.3 Å². The number of allylic oxidation sites excluding steroid dienone is 2. The molecule has 1 aromatic heterocycles. The second kappa shape index (κ2) is 8.34. The number of fused-ring (bicyclic) bond motifs is 2. The third-order valence-corrected chi connectivity index (χ3v) is 6.22. The van der Waals surface area contributed by atoms with E-state index < -0.39 is 6.09 Å². The van der Waals surface area contributed by atoms with Gasteiger partial charge in [0, 0.05) is 18.3 Å². The van der Waals surface area contributed by atoms with Crippen LogP contribution in [0.2, 0.25) is 0 Å². The summed E-state index contributed by atoms with van der Waals surface area (Å²) in [4.78, 5) is 19.5. The maximum Gasteiger partial charge on any atom is 0.419 e. The third-order valence-electron chi connectivity index (χ3n) is 6.22. The standard InChI is InChI=1S/C26H31N3O3/c1-15(2)14-31-26(30)29-19(6)27-23-10-8-21(13-24(23)29)20-9-11-25-22(12-20)17(4)28(7)16(3)18(5)32-25/h8-13,15,17H,14H2,1-7H3. The number of benzene rings is 2. The van der Waals surface area contributed by atoms with Crippen molar-refractivity contribution in [2.24, 2.45) is 5.92 Å². The molecule has 3 aromatic rings. The van der Waals surface area contributed by atoms with Gasteiger partial charge in [0.05, 0.1) is 23.7 Å². The van der Waals surface area contributed by atoms with Gasteiger partial charge in [-0.15, -0.1) is 0 Å². The van der Waals surface area contributed by atoms with Crippen molar-refractivity contribution in [2.75, 3.05) is 13.7 Å². The van der Waals surface area contributed by atoms with Crippen LogP contribution in [0.1, 0.15) is 52.0 Å². The highest BCUT2D eigenvalue weighted by molar-refractivity contribution is 5.90. The Kier molecular flexibility index (Phi) is 5.71. The van der Waals surface area contributed by atoms with E-state index in [1.165, 1.54) is 0 Å². The van der Waals surface area contributed by atoms with Crippen LogP contribution in [0.15, 0.2) is 47.9 Å². The first-order chi connectivity index (χ1) is 15.2. The number of ether oxygens (including phenoxy) is 2. The highest BCUT2D eigenvalue weighted by Gasteiger charge is 2.24. The highest BCUT2D eigenvalue weighted by Crippen LogP contribution is 2.38. The average Bonchev–Trinajstić information content (AvgIpc) is 3.07. The van der Waals surface area contributed by atoms with Gasteiger partial charge in [-0.05, 0) is 69.0 Å². The lowest BCUT2D eigenvalue weighted by Gasteiger charge is -2.26. The first-order valence-electron chi connectivity index (χ1n) is 11.1. The predicted octanol–water partition coefficient (Wildman–Crippen LogP) is 6.29. The SMILES string of the molecule is CC1=C(C)N(C)C(C)c2cc(-c3ccc4nc(C)n(C(=O)OCC(C)C)c4c3)ccc2O1. The molecular weight excluding hydrogens is 402 g/mol. The van der Waals surface area contributed by atoms with Crippen LogP contribution in [0, 0.1) is 12.8 Å². The fourth-order valence-electron chi connectivity index (χ4n) is 4.04. The number of aryl methyl sites for hydroxylation is 1. The van der Waals surface area contributed by atoms with E-state index in [2.05, 4.69) is 42.9 Å². The van der Waals surface area contributed by atoms with Crippen molar-refractivity contribution in [3.8, 4) is 16.9 Å². The van der Waals surface area contributed by atoms with Gasteiger partial charge in [0.2, 0.25) is 0 Å². The zero-order valence-corrected chi connectivity index (χ0v) is 19.9. The minimum atomic E-state index is -0.390. The molecule has 4 rings (SSSR count). The Morgan fingerprint density at radius 1 is 1.12 bits per heavy atom. The molecular formula is C26H31N3O3. The summed E-state index contributed by atoms with van der Waals surface area (Å²) in [6.45, 7) is 12.5. The summed E-state index contributed by atoms with van der Waals surface area (Å²) < 4.78 is 13.2. The van der Waals surface area contributed by atoms with Crippen LogP contribution in [0.4, 0.5) is 4.79 Å². The molecule has 0 fully saturated rings. The summed E-state index contributed by atoms with van der Waals surface area (Å²) in [5.41, 5.74) is 5.84. The molecule has 1 unspecified atom stereocenters. The van der Waals surface area contributed by atoms with E-state index in [1.54, 1.807) is 4.57 Å². The van der Waals surface area contributed by atoms with Gasteiger partial charge >= 0.3 is 6.09 Å². The lowest BCUT2D eigenvalue weighted by Crippen LogP contribution is -2.20. The van der Waals surface area contributed by atoms with Gasteiger partial charge in [-0.1, -0.05) is 26.0 Å². The Morgan fingerprint density at radius 2 is 1.81 bits per heavy atom. The lowest BCUT2D eigenvalue weighted by molar-refractivity contribution is 0.135. The molecule has 0 aliphatic carbocycles. The Hall–Kier alpha value is -3.28. The molecule has 0 radical (unpaired) electrons. The van der Waals surface area contributed by atoms with E-state index in [4.69, 9.17) is 9.47 Å². The van der Waals surface area contributed by atoms with Crippen molar-refractivity contribution in [3.05, 3.63) is 59.2 Å². The molecule has 6 heteroatoms. The quantitative estimate of drug-likeness (QED) is 0.486. The van der Waals surface area contributed by atoms with Crippen LogP contribution in [0.5, 0.6) is 5.75 Å². The second-order valence-electron chi connectivity index (χ2n) is 8.95. The van der Waals surface area contributed by atoms with E-state index >= 15 is 0 Å². The van der Waals surface area contributed by atoms with Crippen LogP contribution in [0.25, 0.3) is 22.2 Å². The molecule has 1 aliphatic heterocycles. The number of nitrogens with zero attached hydrogens (tertiary/aromatic N) is 3. The van der Waals surface area contributed by atoms with Crippen LogP contribution >= 0.6 is 0 Å². The van der Waals surface area contributed by atoms with Crippen LogP contribution in [0.3, 0.4) is 0 Å². The number of aromatic nitrogens is 2. The van der Waals surface area contributed by atoms with E-state index in [1.807, 2.05) is 52.0 Å². The summed E-state index contributed by atoms with van der Waals surface area (Å²) in [6, 6.07) is 12.4. The zero-order valence-electron chi connectivity index (χ0n) is 19.9. The maximum absolute atomic E-state index is 12.7. The average molecular weight is 434 g/mol. The molecule has 0 saturated carbocycles. The summed E-state index contributed by atoms with van der Waals surface area (Å²) in [5, 5.41) is 0. The van der Waals surface area contributed by atoms with Gasteiger partial charge in [0.25, 0.3) is 0 Å². The minimum absolute atomic E-state index is 0.171. The monoisotopic (exact) mass is 433 g/mol. The smallest absolute Gasteiger partial charge is 0.419 e. The fraction of sp³-hybridized carbons (Fsp3) is 0.385. The van der Waals surface area contributed by atoms with E-state index in [0.717, 1.165) is 44.9 Å². The predicted molar refractivity (Wildman–Crippen MR) is 127 cm³/mol. The lowest BCUT2D eigenvalue weighted by atomic mass is 9.98. The highest BCUT2D eigenvalue weighted by atomic mass is 16.5. The molecule has 0 N–H and O–H groups in total. The van der Waals surface area contributed by atoms with Crippen LogP contribution < -0.4 is 4.74 Å². The van der Waals surface area contributed by atoms with Gasteiger partial charge in [0.15, 0.2) is 0 Å².